The van der Waals surface area contributed by atoms with Gasteiger partial charge in [0.1, 0.15) is 6.10 Å². The predicted octanol–water partition coefficient (Wildman–Crippen LogP) is -0.0294. The molecular formula is C8H11NO3. The van der Waals surface area contributed by atoms with Gasteiger partial charge in [0, 0.05) is 12.8 Å². The highest BCUT2D eigenvalue weighted by Gasteiger charge is 2.34. The molecule has 66 valence electrons. The summed E-state index contributed by atoms with van der Waals surface area (Å²) in [6, 6.07) is 0.0731. The Kier molecular flexibility index (Phi) is 1.75. The fraction of sp³-hybridized carbons (Fsp3) is 0.750. The number of carbonyl (C=O) groups excluding carboxylic acids is 2. The van der Waals surface area contributed by atoms with Crippen LogP contribution in [0.5, 0.6) is 0 Å². The van der Waals surface area contributed by atoms with Gasteiger partial charge < -0.3 is 10.1 Å². The van der Waals surface area contributed by atoms with Crippen molar-refractivity contribution < 1.29 is 14.3 Å². The summed E-state index contributed by atoms with van der Waals surface area (Å²) in [7, 11) is 0. The third-order valence-corrected chi connectivity index (χ3v) is 2.39. The van der Waals surface area contributed by atoms with Crippen molar-refractivity contribution in [2.45, 2.75) is 37.8 Å². The van der Waals surface area contributed by atoms with Crippen LogP contribution in [0.15, 0.2) is 0 Å². The minimum absolute atomic E-state index is 0.0658. The maximum absolute atomic E-state index is 10.8. The van der Waals surface area contributed by atoms with Crippen molar-refractivity contribution in [3.05, 3.63) is 0 Å². The Balaban J connectivity index is 1.93. The Morgan fingerprint density at radius 1 is 1.25 bits per heavy atom. The van der Waals surface area contributed by atoms with E-state index >= 15 is 0 Å². The number of carbonyl (C=O) groups is 2. The van der Waals surface area contributed by atoms with Crippen LogP contribution in [-0.2, 0) is 14.3 Å². The number of nitrogens with one attached hydrogen (secondary N) is 1. The lowest BCUT2D eigenvalue weighted by Crippen LogP contribution is -2.36. The smallest absolute Gasteiger partial charge is 0.306 e. The molecule has 2 saturated heterocycles. The summed E-state index contributed by atoms with van der Waals surface area (Å²) < 4.78 is 5.04. The summed E-state index contributed by atoms with van der Waals surface area (Å²) in [5, 5.41) is 2.80. The molecule has 0 bridgehead atoms. The average Bonchev–Trinajstić information content (AvgIpc) is 2.58. The normalized spacial score (nSPS) is 35.0. The van der Waals surface area contributed by atoms with Gasteiger partial charge in [-0.05, 0) is 12.8 Å². The van der Waals surface area contributed by atoms with E-state index in [4.69, 9.17) is 4.74 Å². The van der Waals surface area contributed by atoms with Gasteiger partial charge in [-0.25, -0.2) is 0 Å². The molecule has 0 saturated carbocycles. The average molecular weight is 169 g/mol. The SMILES string of the molecule is O=C1CCC([C@@H]2CCC(=O)O2)N1. The molecule has 0 aliphatic carbocycles. The first-order valence-corrected chi connectivity index (χ1v) is 4.24. The first kappa shape index (κ1) is 7.58. The number of rotatable bonds is 1. The Morgan fingerprint density at radius 2 is 2.08 bits per heavy atom. The highest BCUT2D eigenvalue weighted by atomic mass is 16.5. The van der Waals surface area contributed by atoms with E-state index in [0.717, 1.165) is 12.8 Å². The van der Waals surface area contributed by atoms with Crippen molar-refractivity contribution in [3.63, 3.8) is 0 Å². The van der Waals surface area contributed by atoms with Crippen molar-refractivity contribution in [1.29, 1.82) is 0 Å². The van der Waals surface area contributed by atoms with Crippen LogP contribution >= 0.6 is 0 Å². The minimum atomic E-state index is -0.138. The molecule has 2 fully saturated rings. The summed E-state index contributed by atoms with van der Waals surface area (Å²) in [6.45, 7) is 0. The third kappa shape index (κ3) is 1.29. The first-order chi connectivity index (χ1) is 5.75. The van der Waals surface area contributed by atoms with E-state index < -0.39 is 0 Å². The zero-order chi connectivity index (χ0) is 8.55. The standard InChI is InChI=1S/C8H11NO3/c10-7-3-1-5(9-7)6-2-4-8(11)12-6/h5-6H,1-4H2,(H,9,10)/t5?,6-/m0/s1. The van der Waals surface area contributed by atoms with E-state index in [2.05, 4.69) is 5.32 Å². The molecule has 12 heavy (non-hydrogen) atoms. The quantitative estimate of drug-likeness (QED) is 0.561. The number of hydrogen-bond donors (Lipinski definition) is 1. The second-order valence-electron chi connectivity index (χ2n) is 3.28. The Hall–Kier alpha value is -1.06. The van der Waals surface area contributed by atoms with Crippen molar-refractivity contribution in [1.82, 2.24) is 5.32 Å². The number of cyclic esters (lactones) is 1. The number of hydrogen-bond acceptors (Lipinski definition) is 3. The summed E-state index contributed by atoms with van der Waals surface area (Å²) in [5.74, 6) is -0.0657. The summed E-state index contributed by atoms with van der Waals surface area (Å²) in [6.07, 6.45) is 2.56. The fourth-order valence-electron chi connectivity index (χ4n) is 1.75. The maximum atomic E-state index is 10.8. The Morgan fingerprint density at radius 3 is 2.58 bits per heavy atom. The van der Waals surface area contributed by atoms with E-state index in [1.807, 2.05) is 0 Å². The Labute approximate surface area is 70.3 Å². The number of amides is 1. The molecule has 2 heterocycles. The van der Waals surface area contributed by atoms with Gasteiger partial charge >= 0.3 is 5.97 Å². The lowest BCUT2D eigenvalue weighted by molar-refractivity contribution is -0.142. The molecule has 1 unspecified atom stereocenters. The van der Waals surface area contributed by atoms with Crippen molar-refractivity contribution in [2.24, 2.45) is 0 Å². The molecular weight excluding hydrogens is 158 g/mol. The Bertz CT molecular complexity index is 202. The zero-order valence-electron chi connectivity index (χ0n) is 6.71. The molecule has 0 aromatic carbocycles. The summed E-state index contributed by atoms with van der Waals surface area (Å²) in [5.41, 5.74) is 0. The second-order valence-corrected chi connectivity index (χ2v) is 3.28. The van der Waals surface area contributed by atoms with Crippen LogP contribution < -0.4 is 5.32 Å². The molecule has 1 N–H and O–H groups in total. The van der Waals surface area contributed by atoms with Crippen LogP contribution in [0.4, 0.5) is 0 Å². The maximum Gasteiger partial charge on any atom is 0.306 e. The molecule has 0 radical (unpaired) electrons. The summed E-state index contributed by atoms with van der Waals surface area (Å²) >= 11 is 0. The highest BCUT2D eigenvalue weighted by molar-refractivity contribution is 5.79. The van der Waals surface area contributed by atoms with E-state index in [-0.39, 0.29) is 24.0 Å². The van der Waals surface area contributed by atoms with E-state index in [9.17, 15) is 9.59 Å². The van der Waals surface area contributed by atoms with Crippen LogP contribution in [0, 0.1) is 0 Å². The van der Waals surface area contributed by atoms with Gasteiger partial charge in [-0.1, -0.05) is 0 Å². The fourth-order valence-corrected chi connectivity index (χ4v) is 1.75. The van der Waals surface area contributed by atoms with Crippen LogP contribution in [0.25, 0.3) is 0 Å². The van der Waals surface area contributed by atoms with Gasteiger partial charge in [0.05, 0.1) is 6.04 Å². The van der Waals surface area contributed by atoms with E-state index in [1.54, 1.807) is 0 Å². The lowest BCUT2D eigenvalue weighted by Gasteiger charge is -2.16. The molecule has 0 aromatic heterocycles. The van der Waals surface area contributed by atoms with Gasteiger partial charge in [0.2, 0.25) is 5.91 Å². The molecule has 2 aliphatic heterocycles. The highest BCUT2D eigenvalue weighted by Crippen LogP contribution is 2.22. The minimum Gasteiger partial charge on any atom is -0.460 e. The first-order valence-electron chi connectivity index (χ1n) is 4.24. The second kappa shape index (κ2) is 2.77. The molecule has 2 aliphatic rings. The molecule has 4 nitrogen and oxygen atoms in total. The third-order valence-electron chi connectivity index (χ3n) is 2.39. The van der Waals surface area contributed by atoms with Crippen LogP contribution in [0.3, 0.4) is 0 Å². The number of esters is 1. The molecule has 0 aromatic rings. The molecule has 1 amide bonds. The molecule has 0 spiro atoms. The van der Waals surface area contributed by atoms with Crippen molar-refractivity contribution in [2.75, 3.05) is 0 Å². The zero-order valence-corrected chi connectivity index (χ0v) is 6.71. The van der Waals surface area contributed by atoms with Crippen LogP contribution in [-0.4, -0.2) is 24.0 Å². The van der Waals surface area contributed by atoms with E-state index in [0.29, 0.717) is 12.8 Å². The van der Waals surface area contributed by atoms with Crippen LogP contribution in [0.1, 0.15) is 25.7 Å². The summed E-state index contributed by atoms with van der Waals surface area (Å²) in [4.78, 5) is 21.6. The largest absolute Gasteiger partial charge is 0.460 e. The van der Waals surface area contributed by atoms with Gasteiger partial charge in [-0.3, -0.25) is 9.59 Å². The van der Waals surface area contributed by atoms with E-state index in [1.165, 1.54) is 0 Å². The van der Waals surface area contributed by atoms with Crippen LogP contribution in [0.2, 0.25) is 0 Å². The molecule has 4 heteroatoms. The monoisotopic (exact) mass is 169 g/mol. The lowest BCUT2D eigenvalue weighted by atomic mass is 10.1. The van der Waals surface area contributed by atoms with Gasteiger partial charge in [0.15, 0.2) is 0 Å². The van der Waals surface area contributed by atoms with Crippen molar-refractivity contribution in [3.8, 4) is 0 Å². The number of ether oxygens (including phenoxy) is 1. The van der Waals surface area contributed by atoms with Gasteiger partial charge in [0.25, 0.3) is 0 Å². The van der Waals surface area contributed by atoms with Crippen molar-refractivity contribution >= 4 is 11.9 Å². The predicted molar refractivity (Wildman–Crippen MR) is 40.3 cm³/mol. The van der Waals surface area contributed by atoms with Gasteiger partial charge in [-0.15, -0.1) is 0 Å². The topological polar surface area (TPSA) is 55.4 Å². The van der Waals surface area contributed by atoms with Gasteiger partial charge in [-0.2, -0.15) is 0 Å². The molecule has 2 atom stereocenters. The molecule has 2 rings (SSSR count).